The zero-order valence-corrected chi connectivity index (χ0v) is 15.7. The van der Waals surface area contributed by atoms with Crippen molar-refractivity contribution in [3.63, 3.8) is 0 Å². The van der Waals surface area contributed by atoms with E-state index in [9.17, 15) is 9.90 Å². The van der Waals surface area contributed by atoms with Crippen molar-refractivity contribution in [2.75, 3.05) is 25.6 Å². The number of nitrogens with zero attached hydrogens (tertiary/aromatic N) is 2. The summed E-state index contributed by atoms with van der Waals surface area (Å²) in [5.41, 5.74) is 4.00. The van der Waals surface area contributed by atoms with Crippen LogP contribution in [0, 0.1) is 6.92 Å². The smallest absolute Gasteiger partial charge is 0.304 e. The van der Waals surface area contributed by atoms with Gasteiger partial charge in [0.2, 0.25) is 0 Å². The summed E-state index contributed by atoms with van der Waals surface area (Å²) in [6, 6.07) is 15.9. The van der Waals surface area contributed by atoms with Crippen LogP contribution in [-0.2, 0) is 16.1 Å². The van der Waals surface area contributed by atoms with E-state index >= 15 is 0 Å². The Balaban J connectivity index is 1.92. The quantitative estimate of drug-likeness (QED) is 0.604. The molecule has 3 aromatic rings. The van der Waals surface area contributed by atoms with Crippen LogP contribution in [0.15, 0.2) is 48.5 Å². The number of hydrogen-bond acceptors (Lipinski definition) is 4. The van der Waals surface area contributed by atoms with Crippen molar-refractivity contribution in [3.8, 4) is 0 Å². The Labute approximate surface area is 158 Å². The maximum absolute atomic E-state index is 11.5. The first-order chi connectivity index (χ1) is 13.1. The van der Waals surface area contributed by atoms with Crippen LogP contribution in [0.4, 0.5) is 5.69 Å². The molecular weight excluding hydrogens is 342 g/mol. The highest BCUT2D eigenvalue weighted by atomic mass is 16.5. The maximum atomic E-state index is 11.5. The number of nitrogens with one attached hydrogen (secondary N) is 1. The molecule has 1 aromatic heterocycles. The minimum Gasteiger partial charge on any atom is -0.481 e. The molecule has 0 unspecified atom stereocenters. The Hall–Kier alpha value is -2.86. The van der Waals surface area contributed by atoms with E-state index in [4.69, 9.17) is 9.72 Å². The van der Waals surface area contributed by atoms with Gasteiger partial charge in [-0.25, -0.2) is 4.98 Å². The van der Waals surface area contributed by atoms with Gasteiger partial charge in [0.15, 0.2) is 0 Å². The lowest BCUT2D eigenvalue weighted by Crippen LogP contribution is -2.21. The fourth-order valence-electron chi connectivity index (χ4n) is 3.28. The summed E-state index contributed by atoms with van der Waals surface area (Å²) in [5, 5.41) is 12.8. The Morgan fingerprint density at radius 3 is 2.81 bits per heavy atom. The number of aryl methyl sites for hydroxylation is 1. The number of anilines is 1. The summed E-state index contributed by atoms with van der Waals surface area (Å²) < 4.78 is 7.32. The van der Waals surface area contributed by atoms with Gasteiger partial charge >= 0.3 is 5.97 Å². The highest BCUT2D eigenvalue weighted by molar-refractivity contribution is 5.76. The van der Waals surface area contributed by atoms with Crippen LogP contribution in [0.2, 0.25) is 0 Å². The van der Waals surface area contributed by atoms with Crippen LogP contribution < -0.4 is 5.32 Å². The Bertz CT molecular complexity index is 920. The molecule has 0 aliphatic carbocycles. The van der Waals surface area contributed by atoms with Crippen molar-refractivity contribution in [2.45, 2.75) is 25.8 Å². The zero-order valence-electron chi connectivity index (χ0n) is 15.7. The van der Waals surface area contributed by atoms with Gasteiger partial charge in [-0.05, 0) is 36.8 Å². The third-order valence-electron chi connectivity index (χ3n) is 4.56. The first kappa shape index (κ1) is 18.9. The fraction of sp³-hybridized carbons (Fsp3) is 0.333. The minimum absolute atomic E-state index is 0.00905. The Morgan fingerprint density at radius 1 is 1.26 bits per heavy atom. The summed E-state index contributed by atoms with van der Waals surface area (Å²) >= 11 is 0. The lowest BCUT2D eigenvalue weighted by atomic mass is 10.0. The number of hydrogen-bond donors (Lipinski definition) is 2. The number of fused-ring (bicyclic) bond motifs is 1. The lowest BCUT2D eigenvalue weighted by Gasteiger charge is -2.18. The predicted octanol–water partition coefficient (Wildman–Crippen LogP) is 3.66. The number of aliphatic carboxylic acids is 1. The molecule has 0 radical (unpaired) electrons. The molecular formula is C21H25N3O3. The molecule has 0 spiro atoms. The number of carboxylic acids is 1. The second kappa shape index (κ2) is 8.68. The first-order valence-electron chi connectivity index (χ1n) is 9.05. The summed E-state index contributed by atoms with van der Waals surface area (Å²) in [6.07, 6.45) is 0.00905. The second-order valence-electron chi connectivity index (χ2n) is 6.65. The summed E-state index contributed by atoms with van der Waals surface area (Å²) in [5.74, 6) is -0.320. The molecule has 0 amide bonds. The van der Waals surface area contributed by atoms with Gasteiger partial charge in [0.1, 0.15) is 5.82 Å². The van der Waals surface area contributed by atoms with Crippen molar-refractivity contribution >= 4 is 22.7 Å². The molecule has 0 saturated heterocycles. The van der Waals surface area contributed by atoms with Crippen molar-refractivity contribution in [3.05, 3.63) is 59.9 Å². The standard InChI is InChI=1S/C21H25N3O3/c1-15-6-5-7-17(12-15)22-14-16(13-20(25)26)21-23-18-8-3-4-9-19(18)24(21)10-11-27-2/h3-9,12,16,22H,10-11,13-14H2,1-2H3,(H,25,26)/t16-/m0/s1. The zero-order chi connectivity index (χ0) is 19.2. The molecule has 0 aliphatic heterocycles. The number of ether oxygens (including phenoxy) is 1. The molecule has 3 rings (SSSR count). The van der Waals surface area contributed by atoms with E-state index < -0.39 is 5.97 Å². The van der Waals surface area contributed by atoms with E-state index in [1.807, 2.05) is 55.5 Å². The van der Waals surface area contributed by atoms with Gasteiger partial charge < -0.3 is 19.7 Å². The Morgan fingerprint density at radius 2 is 2.07 bits per heavy atom. The van der Waals surface area contributed by atoms with E-state index in [0.29, 0.717) is 19.7 Å². The fourth-order valence-corrected chi connectivity index (χ4v) is 3.28. The van der Waals surface area contributed by atoms with E-state index in [-0.39, 0.29) is 12.3 Å². The normalized spacial score (nSPS) is 12.2. The second-order valence-corrected chi connectivity index (χ2v) is 6.65. The monoisotopic (exact) mass is 367 g/mol. The van der Waals surface area contributed by atoms with Crippen LogP contribution >= 0.6 is 0 Å². The van der Waals surface area contributed by atoms with Crippen LogP contribution in [0.5, 0.6) is 0 Å². The van der Waals surface area contributed by atoms with Gasteiger partial charge in [0, 0.05) is 31.8 Å². The number of carboxylic acid groups (broad SMARTS) is 1. The molecule has 6 heteroatoms. The molecule has 0 saturated carbocycles. The third kappa shape index (κ3) is 4.65. The van der Waals surface area contributed by atoms with Gasteiger partial charge in [0.25, 0.3) is 0 Å². The number of benzene rings is 2. The SMILES string of the molecule is COCCn1c([C@H](CNc2cccc(C)c2)CC(=O)O)nc2ccccc21. The molecule has 1 atom stereocenters. The van der Waals surface area contributed by atoms with E-state index in [2.05, 4.69) is 9.88 Å². The van der Waals surface area contributed by atoms with Crippen molar-refractivity contribution in [1.29, 1.82) is 0 Å². The van der Waals surface area contributed by atoms with Crippen molar-refractivity contribution < 1.29 is 14.6 Å². The molecule has 1 heterocycles. The highest BCUT2D eigenvalue weighted by Gasteiger charge is 2.23. The minimum atomic E-state index is -0.837. The first-order valence-corrected chi connectivity index (χ1v) is 9.05. The maximum Gasteiger partial charge on any atom is 0.304 e. The average molecular weight is 367 g/mol. The van der Waals surface area contributed by atoms with Gasteiger partial charge in [-0.1, -0.05) is 24.3 Å². The van der Waals surface area contributed by atoms with E-state index in [1.54, 1.807) is 7.11 Å². The largest absolute Gasteiger partial charge is 0.481 e. The third-order valence-corrected chi connectivity index (χ3v) is 4.56. The topological polar surface area (TPSA) is 76.4 Å². The Kier molecular flexibility index (Phi) is 6.08. The predicted molar refractivity (Wildman–Crippen MR) is 106 cm³/mol. The van der Waals surface area contributed by atoms with Gasteiger partial charge in [-0.3, -0.25) is 4.79 Å². The summed E-state index contributed by atoms with van der Waals surface area (Å²) in [4.78, 5) is 16.3. The van der Waals surface area contributed by atoms with E-state index in [1.165, 1.54) is 0 Å². The lowest BCUT2D eigenvalue weighted by molar-refractivity contribution is -0.137. The average Bonchev–Trinajstić information content (AvgIpc) is 3.01. The number of methoxy groups -OCH3 is 1. The van der Waals surface area contributed by atoms with Crippen molar-refractivity contribution in [2.24, 2.45) is 0 Å². The molecule has 27 heavy (non-hydrogen) atoms. The number of aromatic nitrogens is 2. The highest BCUT2D eigenvalue weighted by Crippen LogP contribution is 2.25. The molecule has 142 valence electrons. The van der Waals surface area contributed by atoms with Gasteiger partial charge in [-0.2, -0.15) is 0 Å². The van der Waals surface area contributed by atoms with Crippen LogP contribution in [-0.4, -0.2) is 40.9 Å². The van der Waals surface area contributed by atoms with Gasteiger partial charge in [0.05, 0.1) is 24.1 Å². The molecule has 0 aliphatic rings. The summed E-state index contributed by atoms with van der Waals surface area (Å²) in [7, 11) is 1.66. The number of rotatable bonds is 9. The number of imidazole rings is 1. The van der Waals surface area contributed by atoms with Crippen molar-refractivity contribution in [1.82, 2.24) is 9.55 Å². The van der Waals surface area contributed by atoms with Crippen LogP contribution in [0.25, 0.3) is 11.0 Å². The van der Waals surface area contributed by atoms with Gasteiger partial charge in [-0.15, -0.1) is 0 Å². The molecule has 2 aromatic carbocycles. The number of para-hydroxylation sites is 2. The van der Waals surface area contributed by atoms with Crippen LogP contribution in [0.1, 0.15) is 23.7 Å². The van der Waals surface area contributed by atoms with Crippen LogP contribution in [0.3, 0.4) is 0 Å². The summed E-state index contributed by atoms with van der Waals surface area (Å²) in [6.45, 7) is 3.70. The molecule has 6 nitrogen and oxygen atoms in total. The number of carbonyl (C=O) groups is 1. The molecule has 0 bridgehead atoms. The van der Waals surface area contributed by atoms with E-state index in [0.717, 1.165) is 28.1 Å². The molecule has 0 fully saturated rings. The molecule has 2 N–H and O–H groups in total.